The summed E-state index contributed by atoms with van der Waals surface area (Å²) in [6.45, 7) is 15.0. The van der Waals surface area contributed by atoms with Gasteiger partial charge in [-0.05, 0) is 52.1 Å². The highest BCUT2D eigenvalue weighted by molar-refractivity contribution is 6.70. The minimum absolute atomic E-state index is 0.0379. The van der Waals surface area contributed by atoms with Crippen molar-refractivity contribution >= 4 is 22.6 Å². The van der Waals surface area contributed by atoms with Crippen LogP contribution in [0.15, 0.2) is 12.2 Å². The van der Waals surface area contributed by atoms with Crippen molar-refractivity contribution in [1.29, 1.82) is 0 Å². The Labute approximate surface area is 142 Å². The third-order valence-electron chi connectivity index (χ3n) is 4.57. The Morgan fingerprint density at radius 2 is 1.70 bits per heavy atom. The molecule has 2 aliphatic rings. The number of hydrogen-bond donors (Lipinski definition) is 0. The predicted molar refractivity (Wildman–Crippen MR) is 97.3 cm³/mol. The highest BCUT2D eigenvalue weighted by atomic mass is 28.4. The molecule has 132 valence electrons. The zero-order valence-electron chi connectivity index (χ0n) is 15.5. The van der Waals surface area contributed by atoms with E-state index in [2.05, 4.69) is 51.4 Å². The lowest BCUT2D eigenvalue weighted by Crippen LogP contribution is -2.43. The van der Waals surface area contributed by atoms with Gasteiger partial charge in [0.25, 0.3) is 0 Å². The first-order valence-electron chi connectivity index (χ1n) is 8.65. The first-order chi connectivity index (χ1) is 10.5. The third-order valence-corrected chi connectivity index (χ3v) is 6.63. The van der Waals surface area contributed by atoms with E-state index >= 15 is 0 Å². The fraction of sp³-hybridized carbons (Fsp3) is 0.824. The molecule has 3 atom stereocenters. The number of hydrogen-bond acceptors (Lipinski definition) is 4. The number of rotatable bonds is 6. The van der Waals surface area contributed by atoms with Gasteiger partial charge < -0.3 is 13.6 Å². The highest BCUT2D eigenvalue weighted by Gasteiger charge is 2.52. The topological polar surface area (TPSA) is 44.8 Å². The first-order valence-corrected chi connectivity index (χ1v) is 15.5. The van der Waals surface area contributed by atoms with E-state index < -0.39 is 22.0 Å². The molecular formula is C17H32O4Si2. The minimum atomic E-state index is -1.59. The van der Waals surface area contributed by atoms with Crippen LogP contribution in [0.3, 0.4) is 0 Å². The smallest absolute Gasteiger partial charge is 0.312 e. The Morgan fingerprint density at radius 1 is 1.09 bits per heavy atom. The molecule has 1 fully saturated rings. The molecule has 0 N–H and O–H groups in total. The lowest BCUT2D eigenvalue weighted by molar-refractivity contribution is -0.150. The van der Waals surface area contributed by atoms with Crippen LogP contribution < -0.4 is 0 Å². The van der Waals surface area contributed by atoms with E-state index in [4.69, 9.17) is 13.6 Å². The number of esters is 1. The van der Waals surface area contributed by atoms with Crippen LogP contribution in [-0.4, -0.2) is 42.4 Å². The SMILES string of the molecule is C[Si](C)(C)OC[C@H]1C=C[C@@H](CO[Si](C)(C)C)[C@@]2(CCOC2=O)C1. The molecule has 1 spiro atoms. The number of ether oxygens (including phenoxy) is 1. The maximum absolute atomic E-state index is 12.5. The monoisotopic (exact) mass is 356 g/mol. The van der Waals surface area contributed by atoms with Crippen molar-refractivity contribution in [2.45, 2.75) is 52.1 Å². The second-order valence-electron chi connectivity index (χ2n) is 8.84. The highest BCUT2D eigenvalue weighted by Crippen LogP contribution is 2.47. The lowest BCUT2D eigenvalue weighted by atomic mass is 9.65. The fourth-order valence-electron chi connectivity index (χ4n) is 3.28. The van der Waals surface area contributed by atoms with Gasteiger partial charge in [-0.15, -0.1) is 0 Å². The molecule has 0 radical (unpaired) electrons. The van der Waals surface area contributed by atoms with Crippen LogP contribution in [0.4, 0.5) is 0 Å². The molecule has 0 aromatic heterocycles. The summed E-state index contributed by atoms with van der Waals surface area (Å²) < 4.78 is 17.5. The summed E-state index contributed by atoms with van der Waals surface area (Å²) in [5, 5.41) is 0. The number of cyclic esters (lactones) is 1. The van der Waals surface area contributed by atoms with Crippen molar-refractivity contribution in [2.24, 2.45) is 17.3 Å². The molecule has 0 saturated carbocycles. The van der Waals surface area contributed by atoms with E-state index in [1.54, 1.807) is 0 Å². The van der Waals surface area contributed by atoms with Gasteiger partial charge in [-0.3, -0.25) is 4.79 Å². The van der Waals surface area contributed by atoms with Gasteiger partial charge in [-0.25, -0.2) is 0 Å². The summed E-state index contributed by atoms with van der Waals surface area (Å²) in [4.78, 5) is 12.5. The van der Waals surface area contributed by atoms with Crippen molar-refractivity contribution in [1.82, 2.24) is 0 Å². The van der Waals surface area contributed by atoms with E-state index in [0.29, 0.717) is 25.7 Å². The van der Waals surface area contributed by atoms with Gasteiger partial charge in [0.1, 0.15) is 0 Å². The van der Waals surface area contributed by atoms with E-state index in [9.17, 15) is 4.79 Å². The average Bonchev–Trinajstić information content (AvgIpc) is 2.75. The van der Waals surface area contributed by atoms with Crippen molar-refractivity contribution in [3.05, 3.63) is 12.2 Å². The van der Waals surface area contributed by atoms with Gasteiger partial charge in [0.15, 0.2) is 16.6 Å². The molecule has 1 heterocycles. The van der Waals surface area contributed by atoms with E-state index in [1.807, 2.05) is 0 Å². The molecule has 0 unspecified atom stereocenters. The molecule has 0 aromatic rings. The Morgan fingerprint density at radius 3 is 2.22 bits per heavy atom. The summed E-state index contributed by atoms with van der Waals surface area (Å²) in [5.74, 6) is 0.395. The van der Waals surface area contributed by atoms with Crippen LogP contribution in [0.2, 0.25) is 39.3 Å². The zero-order valence-corrected chi connectivity index (χ0v) is 17.5. The van der Waals surface area contributed by atoms with Crippen LogP contribution >= 0.6 is 0 Å². The van der Waals surface area contributed by atoms with Gasteiger partial charge >= 0.3 is 5.97 Å². The van der Waals surface area contributed by atoms with Crippen LogP contribution in [-0.2, 0) is 18.4 Å². The molecule has 4 nitrogen and oxygen atoms in total. The minimum Gasteiger partial charge on any atom is -0.465 e. The second-order valence-corrected chi connectivity index (χ2v) is 17.9. The molecule has 1 aliphatic heterocycles. The van der Waals surface area contributed by atoms with Crippen LogP contribution in [0.5, 0.6) is 0 Å². The Hall–Kier alpha value is -0.436. The van der Waals surface area contributed by atoms with Crippen LogP contribution in [0.1, 0.15) is 12.8 Å². The molecule has 0 bridgehead atoms. The molecule has 1 saturated heterocycles. The predicted octanol–water partition coefficient (Wildman–Crippen LogP) is 3.82. The van der Waals surface area contributed by atoms with Crippen molar-refractivity contribution in [3.8, 4) is 0 Å². The maximum atomic E-state index is 12.5. The van der Waals surface area contributed by atoms with E-state index in [1.165, 1.54) is 0 Å². The van der Waals surface area contributed by atoms with Gasteiger partial charge in [0.05, 0.1) is 12.0 Å². The van der Waals surface area contributed by atoms with Crippen LogP contribution in [0.25, 0.3) is 0 Å². The standard InChI is InChI=1S/C17H32O4Si2/c1-22(2,3)20-12-14-7-8-15(13-21-23(4,5)6)17(11-14)9-10-19-16(17)18/h7-8,14-15H,9-13H2,1-6H3/t14-,15-,17+/m0/s1. The molecule has 0 aromatic carbocycles. The zero-order chi connectivity index (χ0) is 17.3. The number of carbonyl (C=O) groups excluding carboxylic acids is 1. The second kappa shape index (κ2) is 6.82. The van der Waals surface area contributed by atoms with Crippen molar-refractivity contribution < 1.29 is 18.4 Å². The Bertz CT molecular complexity index is 464. The maximum Gasteiger partial charge on any atom is 0.312 e. The van der Waals surface area contributed by atoms with Crippen LogP contribution in [0, 0.1) is 17.3 Å². The van der Waals surface area contributed by atoms with Gasteiger partial charge in [0.2, 0.25) is 0 Å². The third kappa shape index (κ3) is 5.02. The fourth-order valence-corrected chi connectivity index (χ4v) is 4.68. The summed E-state index contributed by atoms with van der Waals surface area (Å²) in [5.41, 5.74) is -0.401. The normalized spacial score (nSPS) is 31.7. The number of carbonyl (C=O) groups is 1. The summed E-state index contributed by atoms with van der Waals surface area (Å²) in [6, 6.07) is 0. The molecule has 23 heavy (non-hydrogen) atoms. The molecule has 0 amide bonds. The Balaban J connectivity index is 2.10. The summed E-state index contributed by atoms with van der Waals surface area (Å²) in [6.07, 6.45) is 6.05. The summed E-state index contributed by atoms with van der Waals surface area (Å²) >= 11 is 0. The molecule has 6 heteroatoms. The quantitative estimate of drug-likeness (QED) is 0.412. The average molecular weight is 357 g/mol. The molecular weight excluding hydrogens is 324 g/mol. The Kier molecular flexibility index (Phi) is 5.60. The molecule has 1 aliphatic carbocycles. The van der Waals surface area contributed by atoms with Gasteiger partial charge in [0, 0.05) is 25.0 Å². The van der Waals surface area contributed by atoms with E-state index in [-0.39, 0.29) is 11.9 Å². The lowest BCUT2D eigenvalue weighted by Gasteiger charge is -2.39. The summed E-state index contributed by atoms with van der Waals surface area (Å²) in [7, 11) is -3.13. The van der Waals surface area contributed by atoms with E-state index in [0.717, 1.165) is 12.8 Å². The van der Waals surface area contributed by atoms with Crippen molar-refractivity contribution in [2.75, 3.05) is 19.8 Å². The first kappa shape index (κ1) is 18.9. The molecule has 2 rings (SSSR count). The van der Waals surface area contributed by atoms with Crippen molar-refractivity contribution in [3.63, 3.8) is 0 Å². The largest absolute Gasteiger partial charge is 0.465 e. The van der Waals surface area contributed by atoms with Gasteiger partial charge in [-0.2, -0.15) is 0 Å². The van der Waals surface area contributed by atoms with Gasteiger partial charge in [-0.1, -0.05) is 12.2 Å².